The lowest BCUT2D eigenvalue weighted by Crippen LogP contribution is -2.52. The van der Waals surface area contributed by atoms with E-state index < -0.39 is 18.3 Å². The molecule has 1 atom stereocenters. The largest absolute Gasteiger partial charge is 0.390 e. The topological polar surface area (TPSA) is 68.7 Å². The second kappa shape index (κ2) is 9.55. The van der Waals surface area contributed by atoms with Crippen LogP contribution in [-0.4, -0.2) is 51.8 Å². The number of fused-ring (bicyclic) bond motifs is 4. The number of hydrogen-bond acceptors (Lipinski definition) is 7. The highest BCUT2D eigenvalue weighted by Gasteiger charge is 2.49. The van der Waals surface area contributed by atoms with E-state index in [9.17, 15) is 13.2 Å². The minimum absolute atomic E-state index is 0.0191. The molecular weight excluding hydrogens is 491 g/mol. The number of guanidine groups is 1. The van der Waals surface area contributed by atoms with E-state index in [0.29, 0.717) is 37.3 Å². The summed E-state index contributed by atoms with van der Waals surface area (Å²) in [6.45, 7) is 5.59. The first-order valence-electron chi connectivity index (χ1n) is 13.6. The van der Waals surface area contributed by atoms with Crippen molar-refractivity contribution in [3.63, 3.8) is 0 Å². The molecule has 3 aliphatic heterocycles. The van der Waals surface area contributed by atoms with Crippen molar-refractivity contribution >= 4 is 23.0 Å². The number of halogens is 3. The maximum atomic E-state index is 12.6. The Balaban J connectivity index is 1.21. The van der Waals surface area contributed by atoms with Crippen molar-refractivity contribution in [1.82, 2.24) is 20.2 Å². The molecule has 1 unspecified atom stereocenters. The van der Waals surface area contributed by atoms with Gasteiger partial charge >= 0.3 is 6.18 Å². The number of nitrogens with zero attached hydrogens (tertiary/aromatic N) is 5. The molecule has 4 aliphatic rings. The number of aromatic nitrogens is 2. The molecule has 2 aromatic rings. The molecule has 6 rings (SSSR count). The van der Waals surface area contributed by atoms with E-state index in [1.165, 1.54) is 18.4 Å². The highest BCUT2D eigenvalue weighted by Crippen LogP contribution is 2.51. The van der Waals surface area contributed by atoms with Crippen molar-refractivity contribution in [1.29, 1.82) is 0 Å². The minimum Gasteiger partial charge on any atom is -0.339 e. The van der Waals surface area contributed by atoms with Gasteiger partial charge in [-0.05, 0) is 56.2 Å². The van der Waals surface area contributed by atoms with Crippen LogP contribution in [0.15, 0.2) is 41.8 Å². The van der Waals surface area contributed by atoms with Crippen LogP contribution in [0.25, 0.3) is 5.57 Å². The van der Waals surface area contributed by atoms with Crippen LogP contribution in [0.1, 0.15) is 62.8 Å². The summed E-state index contributed by atoms with van der Waals surface area (Å²) in [5.74, 6) is 2.06. The van der Waals surface area contributed by atoms with Crippen LogP contribution >= 0.6 is 0 Å². The molecule has 1 aliphatic carbocycles. The maximum absolute atomic E-state index is 12.6. The second-order valence-corrected chi connectivity index (χ2v) is 11.2. The Morgan fingerprint density at radius 1 is 1.16 bits per heavy atom. The molecule has 0 aromatic carbocycles. The van der Waals surface area contributed by atoms with Gasteiger partial charge in [-0.25, -0.2) is 9.98 Å². The van der Waals surface area contributed by atoms with Crippen molar-refractivity contribution in [3.05, 3.63) is 53.6 Å². The van der Waals surface area contributed by atoms with Gasteiger partial charge in [0.2, 0.25) is 5.96 Å². The lowest BCUT2D eigenvalue weighted by atomic mass is 9.85. The summed E-state index contributed by atoms with van der Waals surface area (Å²) in [5.41, 5.74) is 4.78. The molecule has 0 saturated heterocycles. The number of rotatable bonds is 4. The first-order chi connectivity index (χ1) is 18.2. The zero-order valence-corrected chi connectivity index (χ0v) is 21.9. The number of nitrogens with one attached hydrogen (secondary N) is 2. The molecule has 7 nitrogen and oxygen atoms in total. The summed E-state index contributed by atoms with van der Waals surface area (Å²) in [5, 5.41) is 6.69. The third kappa shape index (κ3) is 4.74. The number of aliphatic imine (C=N–C) groups is 1. The van der Waals surface area contributed by atoms with Gasteiger partial charge in [-0.1, -0.05) is 13.0 Å². The van der Waals surface area contributed by atoms with E-state index in [1.54, 1.807) is 0 Å². The normalized spacial score (nSPS) is 27.0. The third-order valence-electron chi connectivity index (χ3n) is 8.45. The van der Waals surface area contributed by atoms with Gasteiger partial charge in [0.05, 0.1) is 18.3 Å². The average Bonchev–Trinajstić information content (AvgIpc) is 3.15. The van der Waals surface area contributed by atoms with Crippen molar-refractivity contribution in [2.24, 2.45) is 10.9 Å². The van der Waals surface area contributed by atoms with Crippen molar-refractivity contribution in [2.45, 2.75) is 76.8 Å². The minimum atomic E-state index is -4.13. The van der Waals surface area contributed by atoms with Gasteiger partial charge in [-0.3, -0.25) is 9.88 Å². The molecule has 1 saturated carbocycles. The number of anilines is 2. The Labute approximate surface area is 221 Å². The molecule has 0 bridgehead atoms. The van der Waals surface area contributed by atoms with Gasteiger partial charge in [-0.15, -0.1) is 0 Å². The summed E-state index contributed by atoms with van der Waals surface area (Å²) < 4.78 is 37.9. The first kappa shape index (κ1) is 25.2. The zero-order valence-electron chi connectivity index (χ0n) is 21.9. The summed E-state index contributed by atoms with van der Waals surface area (Å²) in [7, 11) is 0. The molecular formula is C28H34F3N7. The molecule has 0 radical (unpaired) electrons. The average molecular weight is 526 g/mol. The second-order valence-electron chi connectivity index (χ2n) is 11.2. The van der Waals surface area contributed by atoms with Gasteiger partial charge in [-0.2, -0.15) is 13.2 Å². The van der Waals surface area contributed by atoms with E-state index >= 15 is 0 Å². The number of hydrogen-bond donors (Lipinski definition) is 2. The van der Waals surface area contributed by atoms with Crippen LogP contribution in [-0.2, 0) is 13.0 Å². The van der Waals surface area contributed by atoms with Gasteiger partial charge in [0, 0.05) is 61.3 Å². The van der Waals surface area contributed by atoms with Gasteiger partial charge in [0.25, 0.3) is 0 Å². The lowest BCUT2D eigenvalue weighted by Gasteiger charge is -2.44. The Hall–Kier alpha value is -3.14. The van der Waals surface area contributed by atoms with E-state index in [1.807, 2.05) is 35.6 Å². The Morgan fingerprint density at radius 2 is 1.97 bits per heavy atom. The fourth-order valence-corrected chi connectivity index (χ4v) is 6.40. The molecule has 0 spiro atoms. The number of alkyl halides is 3. The van der Waals surface area contributed by atoms with Crippen LogP contribution < -0.4 is 15.5 Å². The smallest absolute Gasteiger partial charge is 0.339 e. The third-order valence-corrected chi connectivity index (χ3v) is 8.45. The fourth-order valence-electron chi connectivity index (χ4n) is 6.40. The molecule has 10 heteroatoms. The molecule has 38 heavy (non-hydrogen) atoms. The molecule has 5 heterocycles. The Bertz CT molecular complexity index is 1270. The maximum Gasteiger partial charge on any atom is 0.390 e. The first-order valence-corrected chi connectivity index (χ1v) is 13.6. The molecule has 202 valence electrons. The quantitative estimate of drug-likeness (QED) is 0.564. The standard InChI is InChI=1S/C28H34F3N7/c1-18-3-6-20(7-4-18)38-24-16-32-12-9-21(24)22-15-33-26(36-27(22,38)2)35-25-8-5-19-17-37(13-10-23(19)34-25)14-11-28(29,30)31/h5,8-9,12,15-16,18,20H,3-4,6-7,10-11,13-14,17H2,1-2H3,(H2,33,34,35,36). The predicted molar refractivity (Wildman–Crippen MR) is 143 cm³/mol. The monoisotopic (exact) mass is 525 g/mol. The summed E-state index contributed by atoms with van der Waals surface area (Å²) in [6.07, 6.45) is 6.25. The summed E-state index contributed by atoms with van der Waals surface area (Å²) in [4.78, 5) is 18.7. The zero-order chi connectivity index (χ0) is 26.5. The Kier molecular flexibility index (Phi) is 6.32. The SMILES string of the molecule is CC1CCC(N2c3cnccc3C3=CNC(Nc4ccc5c(n4)CCN(CCC(F)(F)F)C5)=NC32C)CC1. The van der Waals surface area contributed by atoms with Crippen LogP contribution in [0.3, 0.4) is 0 Å². The van der Waals surface area contributed by atoms with Crippen LogP contribution in [0.5, 0.6) is 0 Å². The van der Waals surface area contributed by atoms with E-state index in [2.05, 4.69) is 40.4 Å². The lowest BCUT2D eigenvalue weighted by molar-refractivity contribution is -0.138. The van der Waals surface area contributed by atoms with Crippen molar-refractivity contribution in [3.8, 4) is 0 Å². The van der Waals surface area contributed by atoms with Crippen LogP contribution in [0.4, 0.5) is 24.7 Å². The number of pyridine rings is 2. The van der Waals surface area contributed by atoms with E-state index in [4.69, 9.17) is 9.98 Å². The van der Waals surface area contributed by atoms with Gasteiger partial charge in [0.15, 0.2) is 5.66 Å². The highest BCUT2D eigenvalue weighted by atomic mass is 19.4. The summed E-state index contributed by atoms with van der Waals surface area (Å²) >= 11 is 0. The molecule has 1 fully saturated rings. The highest BCUT2D eigenvalue weighted by molar-refractivity contribution is 6.01. The molecule has 2 N–H and O–H groups in total. The summed E-state index contributed by atoms with van der Waals surface area (Å²) in [6, 6.07) is 6.31. The predicted octanol–water partition coefficient (Wildman–Crippen LogP) is 5.31. The Morgan fingerprint density at radius 3 is 2.76 bits per heavy atom. The van der Waals surface area contributed by atoms with Crippen LogP contribution in [0.2, 0.25) is 0 Å². The van der Waals surface area contributed by atoms with Gasteiger partial charge in [0.1, 0.15) is 5.82 Å². The fraction of sp³-hybridized carbons (Fsp3) is 0.536. The van der Waals surface area contributed by atoms with E-state index in [-0.39, 0.29) is 6.54 Å². The molecule has 0 amide bonds. The van der Waals surface area contributed by atoms with Crippen LogP contribution in [0, 0.1) is 5.92 Å². The van der Waals surface area contributed by atoms with Crippen molar-refractivity contribution < 1.29 is 13.2 Å². The van der Waals surface area contributed by atoms with Gasteiger partial charge < -0.3 is 15.5 Å². The van der Waals surface area contributed by atoms with E-state index in [0.717, 1.165) is 41.3 Å². The molecule has 2 aromatic heterocycles. The van der Waals surface area contributed by atoms with Crippen molar-refractivity contribution in [2.75, 3.05) is 23.3 Å².